The highest BCUT2D eigenvalue weighted by molar-refractivity contribution is 5.79. The summed E-state index contributed by atoms with van der Waals surface area (Å²) in [4.78, 5) is 10.6. The predicted octanol–water partition coefficient (Wildman–Crippen LogP) is -4.09. The first kappa shape index (κ1) is 10.4. The quantitative estimate of drug-likeness (QED) is 0.264. The number of hydrogen-bond acceptors (Lipinski definition) is 6. The van der Waals surface area contributed by atoms with Gasteiger partial charge in [0, 0.05) is 0 Å². The summed E-state index contributed by atoms with van der Waals surface area (Å²) in [6.45, 7) is -0.826. The minimum Gasteiger partial charge on any atom is -0.394 e. The Hall–Kier alpha value is -0.730. The molecule has 0 aromatic rings. The molecule has 0 aromatic heterocycles. The van der Waals surface area contributed by atoms with Crippen molar-refractivity contribution in [2.45, 2.75) is 24.4 Å². The monoisotopic (exact) mass is 196 g/mol. The van der Waals surface area contributed by atoms with Crippen molar-refractivity contribution in [3.8, 4) is 0 Å². The zero-order chi connectivity index (χ0) is 11.3. The molecule has 4 atom stereocenters. The SMILES string of the molecule is [2H]NC(=O)[C@H](O)[C@@H](O)[C@H](O)[C@H](O)CO. The summed E-state index contributed by atoms with van der Waals surface area (Å²) >= 11 is 0. The third-order valence-electron chi connectivity index (χ3n) is 1.52. The minimum absolute atomic E-state index is 0.826. The Balaban J connectivity index is 4.30. The average Bonchev–Trinajstić information content (AvgIpc) is 2.23. The molecule has 0 aliphatic rings. The van der Waals surface area contributed by atoms with Gasteiger partial charge in [-0.15, -0.1) is 0 Å². The van der Waals surface area contributed by atoms with Gasteiger partial charge in [0.15, 0.2) is 7.52 Å². The van der Waals surface area contributed by atoms with Gasteiger partial charge >= 0.3 is 0 Å². The van der Waals surface area contributed by atoms with Crippen molar-refractivity contribution in [2.24, 2.45) is 5.73 Å². The zero-order valence-corrected chi connectivity index (χ0v) is 6.66. The van der Waals surface area contributed by atoms with Crippen LogP contribution in [0.5, 0.6) is 0 Å². The number of amides is 1. The van der Waals surface area contributed by atoms with Crippen LogP contribution in [-0.2, 0) is 4.79 Å². The van der Waals surface area contributed by atoms with E-state index in [-0.39, 0.29) is 0 Å². The standard InChI is InChI=1S/C6H13NO6/c7-6(13)5(12)4(11)3(10)2(9)1-8/h2-5,8-12H,1H2,(H2,7,13)/t2-,3-,4+,5-/m1/s1/i/hD. The van der Waals surface area contributed by atoms with E-state index in [0.717, 1.165) is 0 Å². The van der Waals surface area contributed by atoms with Crippen molar-refractivity contribution in [2.75, 3.05) is 6.61 Å². The topological polar surface area (TPSA) is 144 Å². The lowest BCUT2D eigenvalue weighted by molar-refractivity contribution is -0.146. The fourth-order valence-corrected chi connectivity index (χ4v) is 0.677. The van der Waals surface area contributed by atoms with E-state index in [1.807, 2.05) is 0 Å². The maximum absolute atomic E-state index is 10.6. The van der Waals surface area contributed by atoms with Crippen LogP contribution in [0.4, 0.5) is 0 Å². The summed E-state index contributed by atoms with van der Waals surface area (Å²) in [7, 11) is 0. The summed E-state index contributed by atoms with van der Waals surface area (Å²) in [6, 6.07) is 0. The molecule has 7 nitrogen and oxygen atoms in total. The van der Waals surface area contributed by atoms with Crippen LogP contribution < -0.4 is 5.73 Å². The molecule has 7 N–H and O–H groups in total. The second kappa shape index (κ2) is 5.10. The van der Waals surface area contributed by atoms with Crippen LogP contribution in [0.15, 0.2) is 0 Å². The van der Waals surface area contributed by atoms with Gasteiger partial charge in [0.25, 0.3) is 0 Å². The van der Waals surface area contributed by atoms with E-state index in [9.17, 15) is 4.79 Å². The van der Waals surface area contributed by atoms with Gasteiger partial charge in [-0.1, -0.05) is 0 Å². The van der Waals surface area contributed by atoms with E-state index in [1.54, 1.807) is 0 Å². The van der Waals surface area contributed by atoms with Crippen LogP contribution >= 0.6 is 0 Å². The molecular formula is C6H13NO6. The molecule has 0 bridgehead atoms. The van der Waals surface area contributed by atoms with Crippen molar-refractivity contribution in [3.05, 3.63) is 0 Å². The number of nitrogens with two attached hydrogens (primary N) is 1. The number of hydrogen-bond donors (Lipinski definition) is 6. The lowest BCUT2D eigenvalue weighted by Gasteiger charge is -2.23. The number of aliphatic hydroxyl groups is 5. The lowest BCUT2D eigenvalue weighted by atomic mass is 10.0. The molecule has 0 spiro atoms. The fourth-order valence-electron chi connectivity index (χ4n) is 0.677. The highest BCUT2D eigenvalue weighted by atomic mass is 16.4. The minimum atomic E-state index is -2.04. The van der Waals surface area contributed by atoms with Crippen molar-refractivity contribution in [1.82, 2.24) is 0 Å². The van der Waals surface area contributed by atoms with Gasteiger partial charge < -0.3 is 31.3 Å². The third kappa shape index (κ3) is 3.25. The van der Waals surface area contributed by atoms with Crippen LogP contribution in [-0.4, -0.2) is 62.5 Å². The van der Waals surface area contributed by atoms with Crippen molar-refractivity contribution < 1.29 is 31.7 Å². The van der Waals surface area contributed by atoms with Gasteiger partial charge in [0.2, 0.25) is 5.91 Å². The first-order valence-electron chi connectivity index (χ1n) is 4.00. The Kier molecular flexibility index (Phi) is 4.06. The Bertz CT molecular complexity index is 191. The van der Waals surface area contributed by atoms with Gasteiger partial charge in [-0.2, -0.15) is 0 Å². The first-order chi connectivity index (χ1) is 6.45. The second-order valence-corrected chi connectivity index (χ2v) is 2.54. The highest BCUT2D eigenvalue weighted by Gasteiger charge is 2.32. The van der Waals surface area contributed by atoms with Gasteiger partial charge in [0.1, 0.15) is 18.3 Å². The Labute approximate surface area is 75.5 Å². The lowest BCUT2D eigenvalue weighted by Crippen LogP contribution is -2.50. The van der Waals surface area contributed by atoms with Crippen molar-refractivity contribution in [3.63, 3.8) is 0 Å². The molecule has 78 valence electrons. The summed E-state index contributed by atoms with van der Waals surface area (Å²) in [5.41, 5.74) is 1.30. The largest absolute Gasteiger partial charge is 0.394 e. The van der Waals surface area contributed by atoms with Crippen LogP contribution in [0.25, 0.3) is 0 Å². The number of carbonyl (C=O) groups is 1. The first-order valence-corrected chi connectivity index (χ1v) is 3.50. The summed E-state index contributed by atoms with van der Waals surface area (Å²) in [5.74, 6) is -1.22. The van der Waals surface area contributed by atoms with Gasteiger partial charge in [-0.3, -0.25) is 4.79 Å². The number of rotatable bonds is 5. The normalized spacial score (nSPS) is 21.2. The molecule has 13 heavy (non-hydrogen) atoms. The predicted molar refractivity (Wildman–Crippen MR) is 40.3 cm³/mol. The van der Waals surface area contributed by atoms with Gasteiger partial charge in [-0.25, -0.2) is 0 Å². The maximum Gasteiger partial charge on any atom is 0.249 e. The number of aliphatic hydroxyl groups excluding tert-OH is 5. The van der Waals surface area contributed by atoms with E-state index in [2.05, 4.69) is 0 Å². The molecular weight excluding hydrogens is 182 g/mol. The van der Waals surface area contributed by atoms with Gasteiger partial charge in [0.05, 0.1) is 6.61 Å². The smallest absolute Gasteiger partial charge is 0.249 e. The van der Waals surface area contributed by atoms with Crippen LogP contribution in [0.1, 0.15) is 0 Å². The van der Waals surface area contributed by atoms with Crippen molar-refractivity contribution >= 4 is 5.91 Å². The number of primary amides is 1. The summed E-state index contributed by atoms with van der Waals surface area (Å²) in [6.07, 6.45) is -7.54. The highest BCUT2D eigenvalue weighted by Crippen LogP contribution is 2.04. The molecule has 0 unspecified atom stereocenters. The molecule has 0 saturated carbocycles. The van der Waals surface area contributed by atoms with Crippen LogP contribution in [0.3, 0.4) is 0 Å². The summed E-state index contributed by atoms with van der Waals surface area (Å²) < 4.78 is 6.36. The van der Waals surface area contributed by atoms with E-state index < -0.39 is 36.9 Å². The molecule has 0 fully saturated rings. The summed E-state index contributed by atoms with van der Waals surface area (Å²) in [5, 5.41) is 44.3. The van der Waals surface area contributed by atoms with E-state index >= 15 is 0 Å². The molecule has 0 heterocycles. The zero-order valence-electron chi connectivity index (χ0n) is 7.66. The van der Waals surface area contributed by atoms with Crippen LogP contribution in [0, 0.1) is 0 Å². The molecule has 0 aromatic carbocycles. The maximum atomic E-state index is 10.6. The molecule has 0 saturated heterocycles. The van der Waals surface area contributed by atoms with Crippen molar-refractivity contribution in [1.29, 1.82) is 0 Å². The fraction of sp³-hybridized carbons (Fsp3) is 0.833. The Morgan fingerprint density at radius 2 is 1.85 bits per heavy atom. The van der Waals surface area contributed by atoms with E-state index in [0.29, 0.717) is 0 Å². The molecule has 0 aliphatic carbocycles. The average molecular weight is 196 g/mol. The van der Waals surface area contributed by atoms with E-state index in [1.165, 1.54) is 5.73 Å². The number of carbonyl (C=O) groups excluding carboxylic acids is 1. The molecule has 0 radical (unpaired) electrons. The van der Waals surface area contributed by atoms with Crippen LogP contribution in [0.2, 0.25) is 1.41 Å². The molecule has 1 amide bonds. The van der Waals surface area contributed by atoms with E-state index in [4.69, 9.17) is 26.9 Å². The van der Waals surface area contributed by atoms with Gasteiger partial charge in [-0.05, 0) is 0 Å². The molecule has 0 rings (SSSR count). The Morgan fingerprint density at radius 3 is 2.23 bits per heavy atom. The Morgan fingerprint density at radius 1 is 1.31 bits per heavy atom. The third-order valence-corrected chi connectivity index (χ3v) is 1.52. The molecule has 0 aliphatic heterocycles. The second-order valence-electron chi connectivity index (χ2n) is 2.54. The molecule has 7 heteroatoms.